The molecule has 0 aliphatic rings. The summed E-state index contributed by atoms with van der Waals surface area (Å²) < 4.78 is 6.63. The Morgan fingerprint density at radius 2 is 1.86 bits per heavy atom. The monoisotopic (exact) mass is 408 g/mol. The van der Waals surface area contributed by atoms with E-state index in [1.807, 2.05) is 24.3 Å². The number of nitrogens with one attached hydrogen (secondary N) is 1. The van der Waals surface area contributed by atoms with Crippen LogP contribution in [0.2, 0.25) is 5.02 Å². The Balaban J connectivity index is 1.67. The van der Waals surface area contributed by atoms with Crippen molar-refractivity contribution in [3.63, 3.8) is 0 Å². The molecule has 0 atom stereocenters. The zero-order valence-corrected chi connectivity index (χ0v) is 16.5. The molecule has 8 heteroatoms. The quantitative estimate of drug-likeness (QED) is 0.541. The number of benzene rings is 2. The molecule has 7 nitrogen and oxygen atoms in total. The maximum absolute atomic E-state index is 12.7. The van der Waals surface area contributed by atoms with Crippen LogP contribution in [-0.4, -0.2) is 20.5 Å². The van der Waals surface area contributed by atoms with Crippen molar-refractivity contribution in [2.45, 2.75) is 19.8 Å². The van der Waals surface area contributed by atoms with Crippen molar-refractivity contribution in [2.24, 2.45) is 0 Å². The maximum atomic E-state index is 12.7. The SMILES string of the molecule is CC(C)c1ccc(-c2nn3c(=O)c(NC(=O)c4ccccc4Cl)cnc3o2)cc1. The lowest BCUT2D eigenvalue weighted by Crippen LogP contribution is -2.23. The standard InChI is InChI=1S/C21H17ClN4O3/c1-12(2)13-7-9-14(10-8-13)19-25-26-20(28)17(11-23-21(26)29-19)24-18(27)15-5-3-4-6-16(15)22/h3-12H,1-2H3,(H,24,27). The molecule has 4 rings (SSSR count). The minimum absolute atomic E-state index is 0.0255. The fraction of sp³-hybridized carbons (Fsp3) is 0.143. The number of nitrogens with zero attached hydrogens (tertiary/aromatic N) is 3. The van der Waals surface area contributed by atoms with E-state index in [4.69, 9.17) is 16.0 Å². The number of halogens is 1. The minimum atomic E-state index is -0.552. The normalized spacial score (nSPS) is 11.2. The number of anilines is 1. The first-order valence-electron chi connectivity index (χ1n) is 8.99. The molecule has 0 saturated carbocycles. The summed E-state index contributed by atoms with van der Waals surface area (Å²) >= 11 is 6.03. The largest absolute Gasteiger partial charge is 0.403 e. The van der Waals surface area contributed by atoms with Gasteiger partial charge in [0.15, 0.2) is 0 Å². The lowest BCUT2D eigenvalue weighted by Gasteiger charge is -2.05. The van der Waals surface area contributed by atoms with Gasteiger partial charge in [-0.05, 0) is 35.7 Å². The second kappa shape index (κ2) is 7.52. The van der Waals surface area contributed by atoms with Gasteiger partial charge in [-0.3, -0.25) is 9.59 Å². The van der Waals surface area contributed by atoms with Crippen LogP contribution in [0, 0.1) is 0 Å². The van der Waals surface area contributed by atoms with Crippen molar-refractivity contribution in [3.8, 4) is 11.5 Å². The number of rotatable bonds is 4. The smallest absolute Gasteiger partial charge is 0.328 e. The first kappa shape index (κ1) is 18.9. The highest BCUT2D eigenvalue weighted by Gasteiger charge is 2.16. The van der Waals surface area contributed by atoms with Gasteiger partial charge in [0, 0.05) is 5.56 Å². The fourth-order valence-corrected chi connectivity index (χ4v) is 3.06. The van der Waals surface area contributed by atoms with Crippen LogP contribution in [0.4, 0.5) is 5.69 Å². The summed E-state index contributed by atoms with van der Waals surface area (Å²) in [6, 6.07) is 14.3. The summed E-state index contributed by atoms with van der Waals surface area (Å²) in [5, 5.41) is 7.03. The van der Waals surface area contributed by atoms with Crippen molar-refractivity contribution >= 4 is 29.0 Å². The Labute approximate surface area is 171 Å². The highest BCUT2D eigenvalue weighted by molar-refractivity contribution is 6.34. The lowest BCUT2D eigenvalue weighted by molar-refractivity contribution is 0.102. The van der Waals surface area contributed by atoms with Crippen molar-refractivity contribution in [1.29, 1.82) is 0 Å². The minimum Gasteiger partial charge on any atom is -0.403 e. The number of hydrogen-bond acceptors (Lipinski definition) is 5. The first-order chi connectivity index (χ1) is 13.9. The van der Waals surface area contributed by atoms with Gasteiger partial charge in [-0.25, -0.2) is 4.98 Å². The lowest BCUT2D eigenvalue weighted by atomic mass is 10.0. The van der Waals surface area contributed by atoms with E-state index < -0.39 is 11.5 Å². The molecule has 0 aliphatic carbocycles. The number of hydrogen-bond donors (Lipinski definition) is 1. The summed E-state index contributed by atoms with van der Waals surface area (Å²) in [4.78, 5) is 29.2. The predicted octanol–water partition coefficient (Wildman–Crippen LogP) is 4.38. The summed E-state index contributed by atoms with van der Waals surface area (Å²) in [5.41, 5.74) is 1.59. The molecule has 4 aromatic rings. The van der Waals surface area contributed by atoms with E-state index in [0.717, 1.165) is 10.1 Å². The van der Waals surface area contributed by atoms with Gasteiger partial charge < -0.3 is 9.73 Å². The molecule has 2 aromatic carbocycles. The fourth-order valence-electron chi connectivity index (χ4n) is 2.83. The molecule has 0 unspecified atom stereocenters. The van der Waals surface area contributed by atoms with E-state index in [9.17, 15) is 9.59 Å². The highest BCUT2D eigenvalue weighted by Crippen LogP contribution is 2.22. The number of carbonyl (C=O) groups excluding carboxylic acids is 1. The zero-order chi connectivity index (χ0) is 20.5. The first-order valence-corrected chi connectivity index (χ1v) is 9.37. The van der Waals surface area contributed by atoms with Crippen LogP contribution < -0.4 is 10.9 Å². The molecular formula is C21H17ClN4O3. The van der Waals surface area contributed by atoms with Gasteiger partial charge in [0.05, 0.1) is 16.8 Å². The number of aromatic nitrogens is 3. The van der Waals surface area contributed by atoms with Crippen molar-refractivity contribution in [1.82, 2.24) is 14.6 Å². The van der Waals surface area contributed by atoms with E-state index in [1.165, 1.54) is 11.8 Å². The molecule has 2 heterocycles. The summed E-state index contributed by atoms with van der Waals surface area (Å²) in [7, 11) is 0. The van der Waals surface area contributed by atoms with Crippen molar-refractivity contribution in [2.75, 3.05) is 5.32 Å². The molecular weight excluding hydrogens is 392 g/mol. The van der Waals surface area contributed by atoms with Crippen LogP contribution in [0.15, 0.2) is 63.9 Å². The van der Waals surface area contributed by atoms with E-state index in [1.54, 1.807) is 24.3 Å². The topological polar surface area (TPSA) is 89.5 Å². The average Bonchev–Trinajstić information content (AvgIpc) is 3.15. The molecule has 1 amide bonds. The predicted molar refractivity (Wildman–Crippen MR) is 110 cm³/mol. The van der Waals surface area contributed by atoms with Gasteiger partial charge in [0.1, 0.15) is 5.69 Å². The molecule has 29 heavy (non-hydrogen) atoms. The Kier molecular flexibility index (Phi) is 4.90. The van der Waals surface area contributed by atoms with E-state index in [0.29, 0.717) is 5.92 Å². The van der Waals surface area contributed by atoms with E-state index in [-0.39, 0.29) is 28.0 Å². The molecule has 0 radical (unpaired) electrons. The molecule has 0 bridgehead atoms. The molecule has 146 valence electrons. The summed E-state index contributed by atoms with van der Waals surface area (Å²) in [6.07, 6.45) is 1.24. The average molecular weight is 409 g/mol. The zero-order valence-electron chi connectivity index (χ0n) is 15.7. The van der Waals surface area contributed by atoms with Gasteiger partial charge in [-0.2, -0.15) is 0 Å². The molecule has 0 spiro atoms. The molecule has 2 aromatic heterocycles. The van der Waals surface area contributed by atoms with Gasteiger partial charge >= 0.3 is 11.4 Å². The second-order valence-electron chi connectivity index (χ2n) is 6.79. The maximum Gasteiger partial charge on any atom is 0.328 e. The highest BCUT2D eigenvalue weighted by atomic mass is 35.5. The van der Waals surface area contributed by atoms with Gasteiger partial charge in [0.25, 0.3) is 5.91 Å². The Morgan fingerprint density at radius 3 is 2.55 bits per heavy atom. The second-order valence-corrected chi connectivity index (χ2v) is 7.20. The van der Waals surface area contributed by atoms with E-state index >= 15 is 0 Å². The number of fused-ring (bicyclic) bond motifs is 1. The molecule has 0 aliphatic heterocycles. The molecule has 1 N–H and O–H groups in total. The van der Waals surface area contributed by atoms with Crippen LogP contribution >= 0.6 is 11.6 Å². The van der Waals surface area contributed by atoms with Gasteiger partial charge in [-0.15, -0.1) is 9.61 Å². The van der Waals surface area contributed by atoms with Gasteiger partial charge in [0.2, 0.25) is 5.89 Å². The Hall–Kier alpha value is -3.45. The van der Waals surface area contributed by atoms with Crippen LogP contribution in [-0.2, 0) is 0 Å². The van der Waals surface area contributed by atoms with Crippen LogP contribution in [0.1, 0.15) is 35.7 Å². The molecule has 0 fully saturated rings. The van der Waals surface area contributed by atoms with Crippen LogP contribution in [0.5, 0.6) is 0 Å². The Bertz CT molecular complexity index is 1260. The van der Waals surface area contributed by atoms with Crippen LogP contribution in [0.3, 0.4) is 0 Å². The number of carbonyl (C=O) groups is 1. The van der Waals surface area contributed by atoms with Gasteiger partial charge in [-0.1, -0.05) is 49.7 Å². The molecule has 0 saturated heterocycles. The Morgan fingerprint density at radius 1 is 1.14 bits per heavy atom. The third-order valence-electron chi connectivity index (χ3n) is 4.48. The number of amides is 1. The summed E-state index contributed by atoms with van der Waals surface area (Å²) in [6.45, 7) is 4.22. The van der Waals surface area contributed by atoms with E-state index in [2.05, 4.69) is 29.2 Å². The van der Waals surface area contributed by atoms with Crippen molar-refractivity contribution in [3.05, 3.63) is 81.2 Å². The van der Waals surface area contributed by atoms with Crippen molar-refractivity contribution < 1.29 is 9.21 Å². The third-order valence-corrected chi connectivity index (χ3v) is 4.81. The summed E-state index contributed by atoms with van der Waals surface area (Å²) in [5.74, 6) is 0.192. The van der Waals surface area contributed by atoms with Crippen LogP contribution in [0.25, 0.3) is 17.3 Å². The third kappa shape index (κ3) is 3.64.